The molecule has 0 saturated carbocycles. The summed E-state index contributed by atoms with van der Waals surface area (Å²) in [5, 5.41) is 16.2. The maximum Gasteiger partial charge on any atom is 0.230 e. The molecule has 2 aliphatic heterocycles. The van der Waals surface area contributed by atoms with Gasteiger partial charge in [0.15, 0.2) is 0 Å². The number of nitrogens with zero attached hydrogens (tertiary/aromatic N) is 1. The van der Waals surface area contributed by atoms with Crippen molar-refractivity contribution in [3.8, 4) is 6.07 Å². The first-order valence-electron chi connectivity index (χ1n) is 8.77. The van der Waals surface area contributed by atoms with Gasteiger partial charge < -0.3 is 15.4 Å². The highest BCUT2D eigenvalue weighted by molar-refractivity contribution is 8.03. The highest BCUT2D eigenvalue weighted by Gasteiger charge is 2.30. The van der Waals surface area contributed by atoms with Gasteiger partial charge in [-0.15, -0.1) is 0 Å². The molecular formula is C19H20ClN3O3S. The van der Waals surface area contributed by atoms with Crippen LogP contribution in [-0.2, 0) is 14.3 Å². The van der Waals surface area contributed by atoms with E-state index in [1.54, 1.807) is 12.1 Å². The molecule has 0 aliphatic carbocycles. The molecule has 1 fully saturated rings. The second-order valence-corrected chi connectivity index (χ2v) is 7.86. The van der Waals surface area contributed by atoms with E-state index in [4.69, 9.17) is 16.3 Å². The smallest absolute Gasteiger partial charge is 0.230 e. The highest BCUT2D eigenvalue weighted by Crippen LogP contribution is 2.36. The van der Waals surface area contributed by atoms with Gasteiger partial charge in [0.05, 0.1) is 28.5 Å². The Balaban J connectivity index is 1.65. The summed E-state index contributed by atoms with van der Waals surface area (Å²) < 4.78 is 5.48. The Labute approximate surface area is 167 Å². The van der Waals surface area contributed by atoms with Gasteiger partial charge in [0.1, 0.15) is 0 Å². The Hall–Kier alpha value is -2.01. The van der Waals surface area contributed by atoms with Crippen LogP contribution in [0.15, 0.2) is 34.9 Å². The molecule has 2 amide bonds. The summed E-state index contributed by atoms with van der Waals surface area (Å²) in [6.45, 7) is 1.23. The maximum atomic E-state index is 12.1. The van der Waals surface area contributed by atoms with E-state index in [0.29, 0.717) is 22.2 Å². The zero-order valence-corrected chi connectivity index (χ0v) is 16.2. The van der Waals surface area contributed by atoms with Crippen molar-refractivity contribution in [3.63, 3.8) is 0 Å². The third-order valence-electron chi connectivity index (χ3n) is 4.53. The molecule has 6 nitrogen and oxygen atoms in total. The predicted molar refractivity (Wildman–Crippen MR) is 104 cm³/mol. The lowest BCUT2D eigenvalue weighted by Gasteiger charge is -2.25. The molecule has 27 heavy (non-hydrogen) atoms. The molecule has 2 N–H and O–H groups in total. The van der Waals surface area contributed by atoms with Gasteiger partial charge >= 0.3 is 0 Å². The summed E-state index contributed by atoms with van der Waals surface area (Å²) in [5.74, 6) is -0.529. The molecule has 0 radical (unpaired) electrons. The average Bonchev–Trinajstić information content (AvgIpc) is 3.18. The summed E-state index contributed by atoms with van der Waals surface area (Å²) in [6.07, 6.45) is 2.25. The van der Waals surface area contributed by atoms with Gasteiger partial charge in [0.25, 0.3) is 0 Å². The van der Waals surface area contributed by atoms with Crippen molar-refractivity contribution in [2.75, 3.05) is 18.9 Å². The molecule has 2 aliphatic rings. The third-order valence-corrected chi connectivity index (χ3v) is 5.80. The number of allylic oxidation sites excluding steroid dienone is 1. The minimum atomic E-state index is -0.335. The Morgan fingerprint density at radius 3 is 2.85 bits per heavy atom. The van der Waals surface area contributed by atoms with E-state index in [1.807, 2.05) is 12.1 Å². The molecule has 1 saturated heterocycles. The van der Waals surface area contributed by atoms with E-state index >= 15 is 0 Å². The van der Waals surface area contributed by atoms with Gasteiger partial charge in [-0.1, -0.05) is 35.5 Å². The van der Waals surface area contributed by atoms with Gasteiger partial charge in [-0.05, 0) is 30.5 Å². The lowest BCUT2D eigenvalue weighted by atomic mass is 9.87. The van der Waals surface area contributed by atoms with Crippen LogP contribution in [0.4, 0.5) is 0 Å². The van der Waals surface area contributed by atoms with Gasteiger partial charge in [0, 0.05) is 30.5 Å². The fourth-order valence-electron chi connectivity index (χ4n) is 3.13. The van der Waals surface area contributed by atoms with Crippen LogP contribution in [0.1, 0.15) is 30.7 Å². The van der Waals surface area contributed by atoms with Crippen LogP contribution in [0.25, 0.3) is 0 Å². The second kappa shape index (κ2) is 9.27. The maximum absolute atomic E-state index is 12.1. The second-order valence-electron chi connectivity index (χ2n) is 6.44. The fraction of sp³-hybridized carbons (Fsp3) is 0.421. The summed E-state index contributed by atoms with van der Waals surface area (Å²) >= 11 is 7.10. The number of rotatable bonds is 6. The number of halogens is 1. The van der Waals surface area contributed by atoms with Crippen LogP contribution in [0, 0.1) is 11.3 Å². The Morgan fingerprint density at radius 2 is 2.19 bits per heavy atom. The Morgan fingerprint density at radius 1 is 1.41 bits per heavy atom. The van der Waals surface area contributed by atoms with E-state index in [2.05, 4.69) is 16.7 Å². The molecule has 142 valence electrons. The number of carbonyl (C=O) groups excluding carboxylic acids is 2. The van der Waals surface area contributed by atoms with Crippen LogP contribution in [0.2, 0.25) is 5.02 Å². The molecule has 2 heterocycles. The van der Waals surface area contributed by atoms with E-state index < -0.39 is 0 Å². The number of hydrogen-bond donors (Lipinski definition) is 2. The van der Waals surface area contributed by atoms with Crippen molar-refractivity contribution < 1.29 is 14.3 Å². The quantitative estimate of drug-likeness (QED) is 0.759. The SMILES string of the molecule is N#CC1=C(SCC(=O)NC[C@H]2CCCO2)NC(=O)C[C@@H]1c1ccc(Cl)cc1. The molecule has 0 aromatic heterocycles. The molecule has 2 atom stereocenters. The zero-order chi connectivity index (χ0) is 19.2. The fourth-order valence-corrected chi connectivity index (χ4v) is 4.17. The standard InChI is InChI=1S/C19H20ClN3O3S/c20-13-5-3-12(4-6-13)15-8-17(24)23-19(16(15)9-21)27-11-18(25)22-10-14-2-1-7-26-14/h3-6,14-15H,1-2,7-8,10-11H2,(H,22,25)(H,23,24)/t14-,15-/m1/s1. The van der Waals surface area contributed by atoms with Crippen molar-refractivity contribution in [2.24, 2.45) is 0 Å². The summed E-state index contributed by atoms with van der Waals surface area (Å²) in [4.78, 5) is 24.2. The summed E-state index contributed by atoms with van der Waals surface area (Å²) in [5.41, 5.74) is 1.32. The van der Waals surface area contributed by atoms with Crippen molar-refractivity contribution in [3.05, 3.63) is 45.5 Å². The Bertz CT molecular complexity index is 782. The van der Waals surface area contributed by atoms with Crippen LogP contribution in [-0.4, -0.2) is 36.8 Å². The monoisotopic (exact) mass is 405 g/mol. The first-order valence-corrected chi connectivity index (χ1v) is 10.1. The topological polar surface area (TPSA) is 91.2 Å². The first kappa shape index (κ1) is 19.7. The molecule has 1 aromatic rings. The number of nitriles is 1. The Kier molecular flexibility index (Phi) is 6.78. The molecular weight excluding hydrogens is 386 g/mol. The number of benzene rings is 1. The summed E-state index contributed by atoms with van der Waals surface area (Å²) in [7, 11) is 0. The number of amides is 2. The zero-order valence-electron chi connectivity index (χ0n) is 14.7. The third kappa shape index (κ3) is 5.25. The average molecular weight is 406 g/mol. The lowest BCUT2D eigenvalue weighted by molar-refractivity contribution is -0.121. The van der Waals surface area contributed by atoms with Crippen LogP contribution >= 0.6 is 23.4 Å². The van der Waals surface area contributed by atoms with Crippen molar-refractivity contribution in [1.82, 2.24) is 10.6 Å². The van der Waals surface area contributed by atoms with Gasteiger partial charge in [0.2, 0.25) is 11.8 Å². The largest absolute Gasteiger partial charge is 0.376 e. The highest BCUT2D eigenvalue weighted by atomic mass is 35.5. The van der Waals surface area contributed by atoms with Crippen molar-refractivity contribution >= 4 is 35.2 Å². The van der Waals surface area contributed by atoms with Crippen LogP contribution in [0.3, 0.4) is 0 Å². The predicted octanol–water partition coefficient (Wildman–Crippen LogP) is 2.71. The molecule has 0 spiro atoms. The van der Waals surface area contributed by atoms with E-state index in [9.17, 15) is 14.9 Å². The minimum Gasteiger partial charge on any atom is -0.376 e. The van der Waals surface area contributed by atoms with Crippen LogP contribution < -0.4 is 10.6 Å². The van der Waals surface area contributed by atoms with E-state index in [0.717, 1.165) is 25.0 Å². The first-order chi connectivity index (χ1) is 13.1. The van der Waals surface area contributed by atoms with Gasteiger partial charge in [-0.3, -0.25) is 9.59 Å². The molecule has 0 bridgehead atoms. The number of hydrogen-bond acceptors (Lipinski definition) is 5. The number of nitrogens with one attached hydrogen (secondary N) is 2. The minimum absolute atomic E-state index is 0.0801. The van der Waals surface area contributed by atoms with Crippen LogP contribution in [0.5, 0.6) is 0 Å². The van der Waals surface area contributed by atoms with E-state index in [1.165, 1.54) is 11.8 Å². The lowest BCUT2D eigenvalue weighted by Crippen LogP contribution is -2.34. The molecule has 8 heteroatoms. The van der Waals surface area contributed by atoms with Gasteiger partial charge in [-0.2, -0.15) is 5.26 Å². The van der Waals surface area contributed by atoms with E-state index in [-0.39, 0.29) is 36.0 Å². The molecule has 3 rings (SSSR count). The number of thioether (sulfide) groups is 1. The normalized spacial score (nSPS) is 22.3. The summed E-state index contributed by atoms with van der Waals surface area (Å²) in [6, 6.07) is 9.32. The molecule has 1 aromatic carbocycles. The van der Waals surface area contributed by atoms with Crippen molar-refractivity contribution in [2.45, 2.75) is 31.3 Å². The van der Waals surface area contributed by atoms with Crippen molar-refractivity contribution in [1.29, 1.82) is 5.26 Å². The number of ether oxygens (including phenoxy) is 1. The number of carbonyl (C=O) groups is 2. The van der Waals surface area contributed by atoms with Gasteiger partial charge in [-0.25, -0.2) is 0 Å². The molecule has 0 unspecified atom stereocenters.